The molecular weight excluding hydrogens is 242 g/mol. The van der Waals surface area contributed by atoms with Gasteiger partial charge in [-0.3, -0.25) is 0 Å². The lowest BCUT2D eigenvalue weighted by Gasteiger charge is -2.34. The molecule has 0 bridgehead atoms. The maximum absolute atomic E-state index is 8.84. The standard InChI is InChI=1S/C15H19NO3/c1-17-11-18-14-9-13(7-8-16)19-15(10-14)12-5-3-2-4-6-12/h2-6,13-15H,7,9-11H2,1H3/t13-,14-,15-/m1/s1. The number of ether oxygens (including phenoxy) is 3. The monoisotopic (exact) mass is 261 g/mol. The van der Waals surface area contributed by atoms with E-state index >= 15 is 0 Å². The predicted molar refractivity (Wildman–Crippen MR) is 70.3 cm³/mol. The SMILES string of the molecule is COCO[C@@H]1C[C@@H](CC#N)O[C@@H](c2ccccc2)C1. The number of nitriles is 1. The van der Waals surface area contributed by atoms with Crippen LogP contribution in [0.1, 0.15) is 30.9 Å². The summed E-state index contributed by atoms with van der Waals surface area (Å²) in [6.45, 7) is 0.283. The van der Waals surface area contributed by atoms with Crippen molar-refractivity contribution in [2.24, 2.45) is 0 Å². The minimum Gasteiger partial charge on any atom is -0.369 e. The Hall–Kier alpha value is -1.41. The van der Waals surface area contributed by atoms with Crippen molar-refractivity contribution in [3.8, 4) is 6.07 Å². The fourth-order valence-corrected chi connectivity index (χ4v) is 2.39. The van der Waals surface area contributed by atoms with E-state index in [9.17, 15) is 0 Å². The van der Waals surface area contributed by atoms with Crippen molar-refractivity contribution in [3.63, 3.8) is 0 Å². The van der Waals surface area contributed by atoms with Crippen LogP contribution in [-0.2, 0) is 14.2 Å². The Kier molecular flexibility index (Phi) is 5.34. The van der Waals surface area contributed by atoms with Crippen LogP contribution in [0.5, 0.6) is 0 Å². The number of methoxy groups -OCH3 is 1. The third kappa shape index (κ3) is 4.03. The number of rotatable bonds is 5. The molecule has 0 spiro atoms. The molecule has 1 saturated heterocycles. The number of hydrogen-bond acceptors (Lipinski definition) is 4. The van der Waals surface area contributed by atoms with Crippen molar-refractivity contribution in [1.29, 1.82) is 5.26 Å². The van der Waals surface area contributed by atoms with Crippen molar-refractivity contribution in [2.75, 3.05) is 13.9 Å². The van der Waals surface area contributed by atoms with Crippen LogP contribution < -0.4 is 0 Å². The largest absolute Gasteiger partial charge is 0.369 e. The minimum atomic E-state index is -0.0641. The van der Waals surface area contributed by atoms with Crippen molar-refractivity contribution < 1.29 is 14.2 Å². The Balaban J connectivity index is 2.04. The molecule has 4 heteroatoms. The van der Waals surface area contributed by atoms with E-state index in [0.29, 0.717) is 6.42 Å². The molecule has 4 nitrogen and oxygen atoms in total. The first-order valence-electron chi connectivity index (χ1n) is 6.51. The van der Waals surface area contributed by atoms with Gasteiger partial charge >= 0.3 is 0 Å². The average molecular weight is 261 g/mol. The van der Waals surface area contributed by atoms with Gasteiger partial charge in [0.2, 0.25) is 0 Å². The molecule has 1 aliphatic rings. The summed E-state index contributed by atoms with van der Waals surface area (Å²) in [5, 5.41) is 8.84. The van der Waals surface area contributed by atoms with E-state index < -0.39 is 0 Å². The maximum Gasteiger partial charge on any atom is 0.146 e. The van der Waals surface area contributed by atoms with Crippen LogP contribution in [0.25, 0.3) is 0 Å². The summed E-state index contributed by atoms with van der Waals surface area (Å²) < 4.78 is 16.6. The molecule has 1 aromatic rings. The van der Waals surface area contributed by atoms with Crippen LogP contribution in [0, 0.1) is 11.3 Å². The Labute approximate surface area is 113 Å². The number of benzene rings is 1. The topological polar surface area (TPSA) is 51.5 Å². The van der Waals surface area contributed by atoms with Gasteiger partial charge in [-0.2, -0.15) is 5.26 Å². The Morgan fingerprint density at radius 3 is 2.79 bits per heavy atom. The summed E-state index contributed by atoms with van der Waals surface area (Å²) in [7, 11) is 1.61. The van der Waals surface area contributed by atoms with Crippen molar-refractivity contribution >= 4 is 0 Å². The van der Waals surface area contributed by atoms with E-state index in [0.717, 1.165) is 18.4 Å². The van der Waals surface area contributed by atoms with Gasteiger partial charge in [-0.25, -0.2) is 0 Å². The Morgan fingerprint density at radius 1 is 1.32 bits per heavy atom. The van der Waals surface area contributed by atoms with Crippen molar-refractivity contribution in [2.45, 2.75) is 37.6 Å². The third-order valence-electron chi connectivity index (χ3n) is 3.27. The summed E-state index contributed by atoms with van der Waals surface area (Å²) in [5.74, 6) is 0. The molecule has 0 aromatic heterocycles. The van der Waals surface area contributed by atoms with E-state index in [1.165, 1.54) is 0 Å². The summed E-state index contributed by atoms with van der Waals surface area (Å²) in [6, 6.07) is 12.3. The first-order chi connectivity index (χ1) is 9.33. The molecule has 0 radical (unpaired) electrons. The molecule has 19 heavy (non-hydrogen) atoms. The predicted octanol–water partition coefficient (Wildman–Crippen LogP) is 2.81. The third-order valence-corrected chi connectivity index (χ3v) is 3.27. The normalized spacial score (nSPS) is 26.8. The molecule has 0 N–H and O–H groups in total. The highest BCUT2D eigenvalue weighted by molar-refractivity contribution is 5.18. The van der Waals surface area contributed by atoms with Crippen LogP contribution in [0.15, 0.2) is 30.3 Å². The highest BCUT2D eigenvalue weighted by Crippen LogP contribution is 2.33. The lowest BCUT2D eigenvalue weighted by molar-refractivity contribution is -0.148. The van der Waals surface area contributed by atoms with Crippen molar-refractivity contribution in [3.05, 3.63) is 35.9 Å². The maximum atomic E-state index is 8.84. The van der Waals surface area contributed by atoms with Gasteiger partial charge in [-0.15, -0.1) is 0 Å². The molecule has 0 amide bonds. The molecule has 1 fully saturated rings. The smallest absolute Gasteiger partial charge is 0.146 e. The van der Waals surface area contributed by atoms with E-state index in [1.807, 2.05) is 30.3 Å². The van der Waals surface area contributed by atoms with Gasteiger partial charge < -0.3 is 14.2 Å². The van der Waals surface area contributed by atoms with Gasteiger partial charge in [0.25, 0.3) is 0 Å². The molecule has 1 aliphatic heterocycles. The molecule has 102 valence electrons. The van der Waals surface area contributed by atoms with E-state index in [4.69, 9.17) is 19.5 Å². The van der Waals surface area contributed by atoms with Gasteiger partial charge in [0.15, 0.2) is 0 Å². The summed E-state index contributed by atoms with van der Waals surface area (Å²) in [6.07, 6.45) is 1.96. The zero-order valence-corrected chi connectivity index (χ0v) is 11.1. The molecule has 3 atom stereocenters. The second-order valence-corrected chi connectivity index (χ2v) is 4.69. The molecule has 0 saturated carbocycles. The fraction of sp³-hybridized carbons (Fsp3) is 0.533. The number of nitrogens with zero attached hydrogens (tertiary/aromatic N) is 1. The lowest BCUT2D eigenvalue weighted by Crippen LogP contribution is -2.33. The van der Waals surface area contributed by atoms with Gasteiger partial charge in [-0.1, -0.05) is 30.3 Å². The second-order valence-electron chi connectivity index (χ2n) is 4.69. The zero-order valence-electron chi connectivity index (χ0n) is 11.1. The van der Waals surface area contributed by atoms with E-state index in [1.54, 1.807) is 7.11 Å². The minimum absolute atomic E-state index is 0.00449. The summed E-state index contributed by atoms with van der Waals surface area (Å²) in [4.78, 5) is 0. The number of hydrogen-bond donors (Lipinski definition) is 0. The molecule has 1 heterocycles. The quantitative estimate of drug-likeness (QED) is 0.765. The van der Waals surface area contributed by atoms with Gasteiger partial charge in [0.1, 0.15) is 6.79 Å². The van der Waals surface area contributed by atoms with Crippen LogP contribution in [0.2, 0.25) is 0 Å². The molecule has 2 rings (SSSR count). The Morgan fingerprint density at radius 2 is 2.11 bits per heavy atom. The molecule has 1 aromatic carbocycles. The second kappa shape index (κ2) is 7.25. The molecule has 0 unspecified atom stereocenters. The average Bonchev–Trinajstić information content (AvgIpc) is 2.46. The molecule has 0 aliphatic carbocycles. The summed E-state index contributed by atoms with van der Waals surface area (Å²) >= 11 is 0. The van der Waals surface area contributed by atoms with Crippen LogP contribution in [0.4, 0.5) is 0 Å². The van der Waals surface area contributed by atoms with Gasteiger partial charge in [0, 0.05) is 20.0 Å². The highest BCUT2D eigenvalue weighted by atomic mass is 16.7. The Bertz CT molecular complexity index is 415. The van der Waals surface area contributed by atoms with E-state index in [-0.39, 0.29) is 25.1 Å². The first-order valence-corrected chi connectivity index (χ1v) is 6.51. The van der Waals surface area contributed by atoms with Crippen LogP contribution in [0.3, 0.4) is 0 Å². The highest BCUT2D eigenvalue weighted by Gasteiger charge is 2.30. The van der Waals surface area contributed by atoms with Gasteiger partial charge in [0.05, 0.1) is 30.8 Å². The van der Waals surface area contributed by atoms with E-state index in [2.05, 4.69) is 6.07 Å². The van der Waals surface area contributed by atoms with Gasteiger partial charge in [-0.05, 0) is 5.56 Å². The first kappa shape index (κ1) is 14.0. The lowest BCUT2D eigenvalue weighted by atomic mass is 9.95. The van der Waals surface area contributed by atoms with Crippen LogP contribution in [-0.4, -0.2) is 26.1 Å². The zero-order chi connectivity index (χ0) is 13.5. The fourth-order valence-electron chi connectivity index (χ4n) is 2.39. The summed E-state index contributed by atoms with van der Waals surface area (Å²) in [5.41, 5.74) is 1.14. The molecular formula is C15H19NO3. The van der Waals surface area contributed by atoms with Crippen LogP contribution >= 0.6 is 0 Å². The van der Waals surface area contributed by atoms with Crippen molar-refractivity contribution in [1.82, 2.24) is 0 Å².